The smallest absolute Gasteiger partial charge is 0.119 e. The minimum atomic E-state index is -0.723. The number of hydrogen-bond donors (Lipinski definition) is 2. The number of oxime groups is 1. The van der Waals surface area contributed by atoms with Gasteiger partial charge in [-0.2, -0.15) is 0 Å². The molecule has 0 aliphatic carbocycles. The van der Waals surface area contributed by atoms with Crippen molar-refractivity contribution in [1.82, 2.24) is 4.57 Å². The van der Waals surface area contributed by atoms with Crippen molar-refractivity contribution in [1.29, 1.82) is 0 Å². The number of aliphatic hydroxyl groups is 1. The van der Waals surface area contributed by atoms with Gasteiger partial charge in [-0.25, -0.2) is 0 Å². The summed E-state index contributed by atoms with van der Waals surface area (Å²) in [6.45, 7) is 0.494. The zero-order chi connectivity index (χ0) is 20.4. The van der Waals surface area contributed by atoms with Crippen molar-refractivity contribution in [3.8, 4) is 5.75 Å². The number of ether oxygens (including phenoxy) is 1. The Morgan fingerprint density at radius 2 is 1.52 bits per heavy atom. The SMILES string of the molecule is O/N=C/c1ccc(OC[C@H](O)Cn2c3ccc(Cl)cc3c3cc(Cl)ccc32)cc1. The molecule has 29 heavy (non-hydrogen) atoms. The highest BCUT2D eigenvalue weighted by atomic mass is 35.5. The van der Waals surface area contributed by atoms with Gasteiger partial charge in [0.15, 0.2) is 0 Å². The third-order valence-electron chi connectivity index (χ3n) is 4.71. The van der Waals surface area contributed by atoms with E-state index in [1.54, 1.807) is 24.3 Å². The van der Waals surface area contributed by atoms with E-state index >= 15 is 0 Å². The standard InChI is InChI=1S/C22H18Cl2N2O3/c23-15-3-7-21-19(9-15)20-10-16(24)4-8-22(20)26(21)12-17(27)13-29-18-5-1-14(2-6-18)11-25-28/h1-11,17,27-28H,12-13H2/b25-11+/t17-/m1/s1. The average Bonchev–Trinajstić information content (AvgIpc) is 3.00. The number of nitrogens with zero attached hydrogens (tertiary/aromatic N) is 2. The molecule has 148 valence electrons. The van der Waals surface area contributed by atoms with Gasteiger partial charge in [0, 0.05) is 31.9 Å². The lowest BCUT2D eigenvalue weighted by atomic mass is 10.1. The van der Waals surface area contributed by atoms with Gasteiger partial charge in [-0.15, -0.1) is 0 Å². The molecule has 5 nitrogen and oxygen atoms in total. The van der Waals surface area contributed by atoms with Crippen molar-refractivity contribution in [3.63, 3.8) is 0 Å². The molecule has 0 saturated carbocycles. The maximum Gasteiger partial charge on any atom is 0.119 e. The van der Waals surface area contributed by atoms with Crippen molar-refractivity contribution in [2.24, 2.45) is 5.16 Å². The maximum absolute atomic E-state index is 10.6. The summed E-state index contributed by atoms with van der Waals surface area (Å²) in [6.07, 6.45) is 0.609. The Bertz CT molecular complexity index is 1130. The molecule has 0 saturated heterocycles. The minimum Gasteiger partial charge on any atom is -0.491 e. The Labute approximate surface area is 177 Å². The largest absolute Gasteiger partial charge is 0.491 e. The first kappa shape index (κ1) is 19.6. The second-order valence-corrected chi connectivity index (χ2v) is 7.58. The molecule has 0 bridgehead atoms. The molecule has 2 N–H and O–H groups in total. The van der Waals surface area contributed by atoms with E-state index in [1.807, 2.05) is 41.0 Å². The summed E-state index contributed by atoms with van der Waals surface area (Å²) in [7, 11) is 0. The van der Waals surface area contributed by atoms with Crippen LogP contribution in [0, 0.1) is 0 Å². The van der Waals surface area contributed by atoms with Crippen LogP contribution in [-0.2, 0) is 6.54 Å². The Hall–Kier alpha value is -2.73. The van der Waals surface area contributed by atoms with E-state index in [1.165, 1.54) is 6.21 Å². The van der Waals surface area contributed by atoms with Gasteiger partial charge in [0.25, 0.3) is 0 Å². The van der Waals surface area contributed by atoms with Crippen molar-refractivity contribution in [2.75, 3.05) is 6.61 Å². The lowest BCUT2D eigenvalue weighted by molar-refractivity contribution is 0.0945. The number of hydrogen-bond acceptors (Lipinski definition) is 4. The lowest BCUT2D eigenvalue weighted by Crippen LogP contribution is -2.23. The predicted molar refractivity (Wildman–Crippen MR) is 117 cm³/mol. The molecule has 1 heterocycles. The van der Waals surface area contributed by atoms with E-state index < -0.39 is 6.10 Å². The topological polar surface area (TPSA) is 67.0 Å². The highest BCUT2D eigenvalue weighted by Gasteiger charge is 2.15. The second kappa shape index (κ2) is 8.33. The molecular weight excluding hydrogens is 411 g/mol. The van der Waals surface area contributed by atoms with Crippen molar-refractivity contribution in [2.45, 2.75) is 12.6 Å². The van der Waals surface area contributed by atoms with Gasteiger partial charge in [-0.3, -0.25) is 0 Å². The van der Waals surface area contributed by atoms with E-state index in [9.17, 15) is 5.11 Å². The molecule has 0 aliphatic rings. The van der Waals surface area contributed by atoms with E-state index in [0.717, 1.165) is 27.4 Å². The van der Waals surface area contributed by atoms with Crippen LogP contribution < -0.4 is 4.74 Å². The van der Waals surface area contributed by atoms with Crippen LogP contribution in [0.4, 0.5) is 0 Å². The lowest BCUT2D eigenvalue weighted by Gasteiger charge is -2.15. The monoisotopic (exact) mass is 428 g/mol. The third kappa shape index (κ3) is 4.17. The fourth-order valence-electron chi connectivity index (χ4n) is 3.42. The molecule has 1 aromatic heterocycles. The van der Waals surface area contributed by atoms with Gasteiger partial charge in [0.05, 0.1) is 12.8 Å². The van der Waals surface area contributed by atoms with Crippen molar-refractivity contribution >= 4 is 51.2 Å². The maximum atomic E-state index is 10.6. The molecule has 7 heteroatoms. The fourth-order valence-corrected chi connectivity index (χ4v) is 3.76. The number of halogens is 2. The summed E-state index contributed by atoms with van der Waals surface area (Å²) in [5.41, 5.74) is 2.69. The second-order valence-electron chi connectivity index (χ2n) is 6.71. The van der Waals surface area contributed by atoms with Crippen molar-refractivity contribution < 1.29 is 15.1 Å². The Morgan fingerprint density at radius 1 is 0.931 bits per heavy atom. The molecule has 0 spiro atoms. The fraction of sp³-hybridized carbons (Fsp3) is 0.136. The molecule has 0 fully saturated rings. The summed E-state index contributed by atoms with van der Waals surface area (Å²) < 4.78 is 7.75. The molecule has 0 amide bonds. The molecule has 0 radical (unpaired) electrons. The van der Waals surface area contributed by atoms with Gasteiger partial charge >= 0.3 is 0 Å². The van der Waals surface area contributed by atoms with E-state index in [0.29, 0.717) is 22.3 Å². The highest BCUT2D eigenvalue weighted by Crippen LogP contribution is 2.33. The molecule has 4 aromatic rings. The normalized spacial score (nSPS) is 12.8. The first-order chi connectivity index (χ1) is 14.0. The molecule has 0 unspecified atom stereocenters. The van der Waals surface area contributed by atoms with Crippen LogP contribution in [0.3, 0.4) is 0 Å². The molecule has 4 rings (SSSR count). The summed E-state index contributed by atoms with van der Waals surface area (Å²) in [4.78, 5) is 0. The zero-order valence-corrected chi connectivity index (χ0v) is 16.8. The summed E-state index contributed by atoms with van der Waals surface area (Å²) >= 11 is 12.4. The minimum absolute atomic E-state index is 0.135. The summed E-state index contributed by atoms with van der Waals surface area (Å²) in [5, 5.41) is 25.4. The number of fused-ring (bicyclic) bond motifs is 3. The van der Waals surface area contributed by atoms with E-state index in [-0.39, 0.29) is 6.61 Å². The molecule has 1 atom stereocenters. The Morgan fingerprint density at radius 3 is 2.07 bits per heavy atom. The van der Waals surface area contributed by atoms with Crippen LogP contribution in [0.5, 0.6) is 5.75 Å². The van der Waals surface area contributed by atoms with Gasteiger partial charge in [-0.05, 0) is 66.2 Å². The number of benzene rings is 3. The van der Waals surface area contributed by atoms with Crippen LogP contribution in [0.1, 0.15) is 5.56 Å². The Kier molecular flexibility index (Phi) is 5.62. The first-order valence-electron chi connectivity index (χ1n) is 9.00. The van der Waals surface area contributed by atoms with Crippen LogP contribution in [0.25, 0.3) is 21.8 Å². The van der Waals surface area contributed by atoms with Gasteiger partial charge < -0.3 is 19.6 Å². The van der Waals surface area contributed by atoms with Crippen LogP contribution in [0.15, 0.2) is 65.8 Å². The highest BCUT2D eigenvalue weighted by molar-refractivity contribution is 6.33. The van der Waals surface area contributed by atoms with Crippen LogP contribution >= 0.6 is 23.2 Å². The van der Waals surface area contributed by atoms with Gasteiger partial charge in [0.2, 0.25) is 0 Å². The molecular formula is C22H18Cl2N2O3. The molecule has 3 aromatic carbocycles. The van der Waals surface area contributed by atoms with Gasteiger partial charge in [0.1, 0.15) is 18.5 Å². The van der Waals surface area contributed by atoms with Crippen LogP contribution in [0.2, 0.25) is 10.0 Å². The summed E-state index contributed by atoms with van der Waals surface area (Å²) in [5.74, 6) is 0.625. The summed E-state index contributed by atoms with van der Waals surface area (Å²) in [6, 6.07) is 18.4. The van der Waals surface area contributed by atoms with Crippen LogP contribution in [-0.4, -0.2) is 33.8 Å². The Balaban J connectivity index is 1.56. The number of aromatic nitrogens is 1. The predicted octanol–water partition coefficient (Wildman–Crippen LogP) is 5.35. The first-order valence-corrected chi connectivity index (χ1v) is 9.76. The average molecular weight is 429 g/mol. The van der Waals surface area contributed by atoms with Gasteiger partial charge in [-0.1, -0.05) is 28.4 Å². The quantitative estimate of drug-likeness (QED) is 0.247. The zero-order valence-electron chi connectivity index (χ0n) is 15.3. The molecule has 0 aliphatic heterocycles. The third-order valence-corrected chi connectivity index (χ3v) is 5.18. The number of aliphatic hydroxyl groups excluding tert-OH is 1. The van der Waals surface area contributed by atoms with Crippen molar-refractivity contribution in [3.05, 3.63) is 76.3 Å². The number of rotatable bonds is 6. The van der Waals surface area contributed by atoms with E-state index in [2.05, 4.69) is 5.16 Å². The van der Waals surface area contributed by atoms with E-state index in [4.69, 9.17) is 33.1 Å².